The van der Waals surface area contributed by atoms with Crippen LogP contribution in [0.15, 0.2) is 24.3 Å². The molecule has 2 rings (SSSR count). The number of nitrogens with one attached hydrogen (secondary N) is 2. The van der Waals surface area contributed by atoms with Crippen molar-refractivity contribution >= 4 is 23.6 Å². The van der Waals surface area contributed by atoms with Gasteiger partial charge in [-0.2, -0.15) is 0 Å². The van der Waals surface area contributed by atoms with Gasteiger partial charge in [0.15, 0.2) is 0 Å². The molecule has 0 bridgehead atoms. The van der Waals surface area contributed by atoms with E-state index in [0.29, 0.717) is 18.7 Å². The SMILES string of the molecule is CC(C)CC(CNC(=O)Nc1cccc(CN2CCCC2C(N)=O)c1)C(=O)O. The maximum Gasteiger partial charge on any atom is 0.319 e. The monoisotopic (exact) mass is 390 g/mol. The third-order valence-corrected chi connectivity index (χ3v) is 4.88. The first-order valence-electron chi connectivity index (χ1n) is 9.66. The van der Waals surface area contributed by atoms with Gasteiger partial charge in [0.25, 0.3) is 0 Å². The van der Waals surface area contributed by atoms with E-state index in [1.54, 1.807) is 6.07 Å². The van der Waals surface area contributed by atoms with Gasteiger partial charge in [-0.05, 0) is 49.4 Å². The molecule has 1 saturated heterocycles. The zero-order chi connectivity index (χ0) is 20.7. The largest absolute Gasteiger partial charge is 0.481 e. The number of carbonyl (C=O) groups is 3. The van der Waals surface area contributed by atoms with Crippen molar-refractivity contribution in [2.75, 3.05) is 18.4 Å². The molecular weight excluding hydrogens is 360 g/mol. The first kappa shape index (κ1) is 21.7. The Morgan fingerprint density at radius 2 is 2.07 bits per heavy atom. The van der Waals surface area contributed by atoms with E-state index in [2.05, 4.69) is 10.6 Å². The van der Waals surface area contributed by atoms with E-state index in [4.69, 9.17) is 5.73 Å². The summed E-state index contributed by atoms with van der Waals surface area (Å²) < 4.78 is 0. The number of nitrogens with two attached hydrogens (primary N) is 1. The van der Waals surface area contributed by atoms with E-state index < -0.39 is 17.9 Å². The molecule has 0 spiro atoms. The molecule has 0 aliphatic carbocycles. The van der Waals surface area contributed by atoms with Crippen LogP contribution < -0.4 is 16.4 Å². The molecule has 1 aliphatic rings. The smallest absolute Gasteiger partial charge is 0.319 e. The third-order valence-electron chi connectivity index (χ3n) is 4.88. The van der Waals surface area contributed by atoms with Crippen LogP contribution >= 0.6 is 0 Å². The van der Waals surface area contributed by atoms with Crippen LogP contribution in [0.5, 0.6) is 0 Å². The molecule has 1 fully saturated rings. The highest BCUT2D eigenvalue weighted by Gasteiger charge is 2.28. The van der Waals surface area contributed by atoms with E-state index in [-0.39, 0.29) is 24.4 Å². The number of anilines is 1. The number of likely N-dealkylation sites (tertiary alicyclic amines) is 1. The molecule has 0 saturated carbocycles. The number of nitrogens with zero attached hydrogens (tertiary/aromatic N) is 1. The number of hydrogen-bond acceptors (Lipinski definition) is 4. The Bertz CT molecular complexity index is 707. The number of benzene rings is 1. The summed E-state index contributed by atoms with van der Waals surface area (Å²) in [5, 5.41) is 14.6. The van der Waals surface area contributed by atoms with Gasteiger partial charge in [-0.15, -0.1) is 0 Å². The van der Waals surface area contributed by atoms with Crippen LogP contribution in [0, 0.1) is 11.8 Å². The van der Waals surface area contributed by atoms with Crippen molar-refractivity contribution in [1.82, 2.24) is 10.2 Å². The lowest BCUT2D eigenvalue weighted by Crippen LogP contribution is -2.39. The lowest BCUT2D eigenvalue weighted by atomic mass is 9.97. The standard InChI is InChI=1S/C20H30N4O4/c1-13(2)9-15(19(26)27)11-22-20(28)23-16-6-3-5-14(10-16)12-24-8-4-7-17(24)18(21)25/h3,5-6,10,13,15,17H,4,7-9,11-12H2,1-2H3,(H2,21,25)(H,26,27)(H2,22,23,28). The lowest BCUT2D eigenvalue weighted by Gasteiger charge is -2.22. The highest BCUT2D eigenvalue weighted by molar-refractivity contribution is 5.89. The number of carboxylic acids is 1. The summed E-state index contributed by atoms with van der Waals surface area (Å²) in [6, 6.07) is 6.69. The van der Waals surface area contributed by atoms with E-state index in [1.165, 1.54) is 0 Å². The molecule has 1 aromatic rings. The van der Waals surface area contributed by atoms with Gasteiger partial charge in [-0.25, -0.2) is 4.79 Å². The summed E-state index contributed by atoms with van der Waals surface area (Å²) in [5.41, 5.74) is 7.04. The highest BCUT2D eigenvalue weighted by atomic mass is 16.4. The second kappa shape index (κ2) is 10.1. The van der Waals surface area contributed by atoms with Gasteiger partial charge < -0.3 is 21.5 Å². The Morgan fingerprint density at radius 3 is 2.71 bits per heavy atom. The molecule has 154 valence electrons. The van der Waals surface area contributed by atoms with Gasteiger partial charge in [0.05, 0.1) is 12.0 Å². The maximum atomic E-state index is 12.1. The van der Waals surface area contributed by atoms with Crippen molar-refractivity contribution in [2.24, 2.45) is 17.6 Å². The molecule has 8 heteroatoms. The second-order valence-corrected chi connectivity index (χ2v) is 7.73. The van der Waals surface area contributed by atoms with Crippen LogP contribution in [0.25, 0.3) is 0 Å². The fraction of sp³-hybridized carbons (Fsp3) is 0.550. The van der Waals surface area contributed by atoms with Gasteiger partial charge in [0.2, 0.25) is 5.91 Å². The van der Waals surface area contributed by atoms with Gasteiger partial charge in [0, 0.05) is 18.8 Å². The molecule has 28 heavy (non-hydrogen) atoms. The summed E-state index contributed by atoms with van der Waals surface area (Å²) in [6.07, 6.45) is 2.22. The molecule has 0 radical (unpaired) electrons. The van der Waals surface area contributed by atoms with Gasteiger partial charge >= 0.3 is 12.0 Å². The molecule has 1 aromatic carbocycles. The average molecular weight is 390 g/mol. The quantitative estimate of drug-likeness (QED) is 0.513. The van der Waals surface area contributed by atoms with Gasteiger partial charge in [-0.1, -0.05) is 26.0 Å². The van der Waals surface area contributed by atoms with Crippen LogP contribution in [-0.2, 0) is 16.1 Å². The Hall–Kier alpha value is -2.61. The summed E-state index contributed by atoms with van der Waals surface area (Å²) >= 11 is 0. The van der Waals surface area contributed by atoms with E-state index in [0.717, 1.165) is 24.9 Å². The van der Waals surface area contributed by atoms with Gasteiger partial charge in [-0.3, -0.25) is 14.5 Å². The number of carboxylic acid groups (broad SMARTS) is 1. The molecule has 3 amide bonds. The molecule has 1 heterocycles. The van der Waals surface area contributed by atoms with Crippen LogP contribution in [0.2, 0.25) is 0 Å². The maximum absolute atomic E-state index is 12.1. The van der Waals surface area contributed by atoms with Crippen molar-refractivity contribution in [2.45, 2.75) is 45.7 Å². The Morgan fingerprint density at radius 1 is 1.32 bits per heavy atom. The topological polar surface area (TPSA) is 125 Å². The predicted molar refractivity (Wildman–Crippen MR) is 107 cm³/mol. The van der Waals surface area contributed by atoms with E-state index >= 15 is 0 Å². The van der Waals surface area contributed by atoms with Crippen LogP contribution in [0.3, 0.4) is 0 Å². The van der Waals surface area contributed by atoms with Crippen LogP contribution in [-0.4, -0.2) is 47.0 Å². The first-order chi connectivity index (χ1) is 13.3. The van der Waals surface area contributed by atoms with E-state index in [9.17, 15) is 19.5 Å². The lowest BCUT2D eigenvalue weighted by molar-refractivity contribution is -0.142. The van der Waals surface area contributed by atoms with Crippen LogP contribution in [0.1, 0.15) is 38.7 Å². The summed E-state index contributed by atoms with van der Waals surface area (Å²) in [6.45, 7) is 5.38. The summed E-state index contributed by atoms with van der Waals surface area (Å²) in [7, 11) is 0. The van der Waals surface area contributed by atoms with Crippen molar-refractivity contribution in [1.29, 1.82) is 0 Å². The number of rotatable bonds is 9. The predicted octanol–water partition coefficient (Wildman–Crippen LogP) is 2.00. The molecule has 1 aliphatic heterocycles. The molecule has 8 nitrogen and oxygen atoms in total. The number of primary amides is 1. The number of carbonyl (C=O) groups excluding carboxylic acids is 2. The summed E-state index contributed by atoms with van der Waals surface area (Å²) in [5.74, 6) is -1.60. The normalized spacial score (nSPS) is 18.0. The van der Waals surface area contributed by atoms with Crippen molar-refractivity contribution in [3.63, 3.8) is 0 Å². The minimum absolute atomic E-state index is 0.0765. The molecule has 0 aromatic heterocycles. The number of hydrogen-bond donors (Lipinski definition) is 4. The zero-order valence-corrected chi connectivity index (χ0v) is 16.5. The minimum atomic E-state index is -0.911. The molecular formula is C20H30N4O4. The number of urea groups is 1. The Kier molecular flexibility index (Phi) is 7.80. The number of amides is 3. The molecule has 5 N–H and O–H groups in total. The minimum Gasteiger partial charge on any atom is -0.481 e. The van der Waals surface area contributed by atoms with Crippen molar-refractivity contribution in [3.8, 4) is 0 Å². The van der Waals surface area contributed by atoms with Crippen LogP contribution in [0.4, 0.5) is 10.5 Å². The van der Waals surface area contributed by atoms with E-state index in [1.807, 2.05) is 36.9 Å². The molecule has 2 atom stereocenters. The van der Waals surface area contributed by atoms with Crippen molar-refractivity contribution < 1.29 is 19.5 Å². The highest BCUT2D eigenvalue weighted by Crippen LogP contribution is 2.21. The summed E-state index contributed by atoms with van der Waals surface area (Å²) in [4.78, 5) is 37.0. The Labute approximate surface area is 165 Å². The fourth-order valence-electron chi connectivity index (χ4n) is 3.55. The Balaban J connectivity index is 1.90. The zero-order valence-electron chi connectivity index (χ0n) is 16.5. The average Bonchev–Trinajstić information content (AvgIpc) is 3.06. The number of aliphatic carboxylic acids is 1. The second-order valence-electron chi connectivity index (χ2n) is 7.73. The third kappa shape index (κ3) is 6.53. The van der Waals surface area contributed by atoms with Crippen molar-refractivity contribution in [3.05, 3.63) is 29.8 Å². The fourth-order valence-corrected chi connectivity index (χ4v) is 3.55. The first-order valence-corrected chi connectivity index (χ1v) is 9.66. The molecule has 2 unspecified atom stereocenters. The van der Waals surface area contributed by atoms with Gasteiger partial charge in [0.1, 0.15) is 0 Å².